The zero-order valence-corrected chi connectivity index (χ0v) is 20.1. The predicted molar refractivity (Wildman–Crippen MR) is 136 cm³/mol. The highest BCUT2D eigenvalue weighted by Crippen LogP contribution is 2.18. The lowest BCUT2D eigenvalue weighted by molar-refractivity contribution is -0.122. The SMILES string of the molecule is CCc1ccc(OC(C)C(=O)Nc2ccc(NC(=O)C(C)Oc3ccc(CC)cc3)cc2)cc1. The van der Waals surface area contributed by atoms with Crippen LogP contribution in [-0.2, 0) is 22.4 Å². The number of carbonyl (C=O) groups is 2. The Balaban J connectivity index is 1.49. The Labute approximate surface area is 201 Å². The fraction of sp³-hybridized carbons (Fsp3) is 0.286. The molecule has 0 aliphatic rings. The zero-order chi connectivity index (χ0) is 24.5. The van der Waals surface area contributed by atoms with Gasteiger partial charge in [-0.3, -0.25) is 9.59 Å². The molecule has 0 aliphatic carbocycles. The Hall–Kier alpha value is -3.80. The van der Waals surface area contributed by atoms with E-state index in [0.29, 0.717) is 22.9 Å². The molecule has 0 aliphatic heterocycles. The summed E-state index contributed by atoms with van der Waals surface area (Å²) in [7, 11) is 0. The largest absolute Gasteiger partial charge is 0.481 e. The van der Waals surface area contributed by atoms with E-state index in [1.165, 1.54) is 11.1 Å². The molecule has 0 spiro atoms. The minimum absolute atomic E-state index is 0.257. The smallest absolute Gasteiger partial charge is 0.265 e. The number of aryl methyl sites for hydroxylation is 2. The zero-order valence-electron chi connectivity index (χ0n) is 20.1. The highest BCUT2D eigenvalue weighted by Gasteiger charge is 2.17. The third-order valence-electron chi connectivity index (χ3n) is 5.45. The van der Waals surface area contributed by atoms with Crippen LogP contribution in [0.25, 0.3) is 0 Å². The Morgan fingerprint density at radius 1 is 0.618 bits per heavy atom. The van der Waals surface area contributed by atoms with Crippen molar-refractivity contribution >= 4 is 23.2 Å². The van der Waals surface area contributed by atoms with Gasteiger partial charge in [0.15, 0.2) is 12.2 Å². The Bertz CT molecular complexity index is 988. The van der Waals surface area contributed by atoms with E-state index in [9.17, 15) is 9.59 Å². The molecule has 3 rings (SSSR count). The van der Waals surface area contributed by atoms with Crippen molar-refractivity contribution in [2.75, 3.05) is 10.6 Å². The van der Waals surface area contributed by atoms with Crippen molar-refractivity contribution in [3.63, 3.8) is 0 Å². The average molecular weight is 461 g/mol. The van der Waals surface area contributed by atoms with Crippen molar-refractivity contribution in [1.82, 2.24) is 0 Å². The van der Waals surface area contributed by atoms with E-state index in [-0.39, 0.29) is 11.8 Å². The molecule has 0 fully saturated rings. The number of ether oxygens (including phenoxy) is 2. The molecule has 2 atom stereocenters. The van der Waals surface area contributed by atoms with Gasteiger partial charge in [0.05, 0.1) is 0 Å². The standard InChI is InChI=1S/C28H32N2O4/c1-5-21-7-15-25(16-8-21)33-19(3)27(31)29-23-11-13-24(14-12-23)30-28(32)20(4)34-26-17-9-22(6-2)10-18-26/h7-20H,5-6H2,1-4H3,(H,29,31)(H,30,32). The first kappa shape index (κ1) is 24.8. The highest BCUT2D eigenvalue weighted by atomic mass is 16.5. The molecule has 2 unspecified atom stereocenters. The van der Waals surface area contributed by atoms with Crippen LogP contribution in [0.3, 0.4) is 0 Å². The normalized spacial score (nSPS) is 12.4. The van der Waals surface area contributed by atoms with E-state index in [0.717, 1.165) is 12.8 Å². The minimum atomic E-state index is -0.656. The molecule has 2 N–H and O–H groups in total. The van der Waals surface area contributed by atoms with Crippen LogP contribution >= 0.6 is 0 Å². The number of carbonyl (C=O) groups excluding carboxylic acids is 2. The monoisotopic (exact) mass is 460 g/mol. The van der Waals surface area contributed by atoms with E-state index in [1.54, 1.807) is 38.1 Å². The van der Waals surface area contributed by atoms with E-state index in [4.69, 9.17) is 9.47 Å². The second-order valence-electron chi connectivity index (χ2n) is 8.07. The molecule has 0 bridgehead atoms. The maximum absolute atomic E-state index is 12.5. The lowest BCUT2D eigenvalue weighted by Gasteiger charge is -2.16. The second-order valence-corrected chi connectivity index (χ2v) is 8.07. The molecule has 6 heteroatoms. The van der Waals surface area contributed by atoms with Crippen LogP contribution < -0.4 is 20.1 Å². The summed E-state index contributed by atoms with van der Waals surface area (Å²) in [5, 5.41) is 5.66. The van der Waals surface area contributed by atoms with E-state index < -0.39 is 12.2 Å². The molecular weight excluding hydrogens is 428 g/mol. The van der Waals surface area contributed by atoms with Crippen LogP contribution in [0.2, 0.25) is 0 Å². The number of rotatable bonds is 10. The molecule has 3 aromatic rings. The molecule has 0 saturated carbocycles. The van der Waals surface area contributed by atoms with Gasteiger partial charge in [0.1, 0.15) is 11.5 Å². The topological polar surface area (TPSA) is 76.7 Å². The Kier molecular flexibility index (Phi) is 8.68. The second kappa shape index (κ2) is 11.9. The van der Waals surface area contributed by atoms with E-state index >= 15 is 0 Å². The van der Waals surface area contributed by atoms with Crippen LogP contribution in [0.5, 0.6) is 11.5 Å². The first-order chi connectivity index (χ1) is 16.4. The van der Waals surface area contributed by atoms with Gasteiger partial charge in [0.25, 0.3) is 11.8 Å². The summed E-state index contributed by atoms with van der Waals surface area (Å²) in [6.07, 6.45) is 0.587. The minimum Gasteiger partial charge on any atom is -0.481 e. The van der Waals surface area contributed by atoms with Crippen LogP contribution in [0.1, 0.15) is 38.8 Å². The lowest BCUT2D eigenvalue weighted by atomic mass is 10.2. The summed E-state index contributed by atoms with van der Waals surface area (Å²) in [6, 6.07) is 22.3. The number of anilines is 2. The molecule has 0 radical (unpaired) electrons. The number of hydrogen-bond acceptors (Lipinski definition) is 4. The molecule has 3 aromatic carbocycles. The fourth-order valence-corrected chi connectivity index (χ4v) is 3.25. The van der Waals surface area contributed by atoms with Crippen molar-refractivity contribution in [2.24, 2.45) is 0 Å². The van der Waals surface area contributed by atoms with Gasteiger partial charge < -0.3 is 20.1 Å². The molecule has 34 heavy (non-hydrogen) atoms. The van der Waals surface area contributed by atoms with Crippen molar-refractivity contribution < 1.29 is 19.1 Å². The summed E-state index contributed by atoms with van der Waals surface area (Å²) >= 11 is 0. The average Bonchev–Trinajstić information content (AvgIpc) is 2.86. The van der Waals surface area contributed by atoms with Gasteiger partial charge in [-0.1, -0.05) is 38.1 Å². The number of nitrogens with one attached hydrogen (secondary N) is 2. The highest BCUT2D eigenvalue weighted by molar-refractivity contribution is 5.96. The van der Waals surface area contributed by atoms with Gasteiger partial charge in [-0.2, -0.15) is 0 Å². The van der Waals surface area contributed by atoms with E-state index in [2.05, 4.69) is 24.5 Å². The molecule has 6 nitrogen and oxygen atoms in total. The van der Waals surface area contributed by atoms with Gasteiger partial charge in [-0.05, 0) is 86.3 Å². The molecule has 0 saturated heterocycles. The maximum atomic E-state index is 12.5. The van der Waals surface area contributed by atoms with Crippen molar-refractivity contribution in [3.05, 3.63) is 83.9 Å². The van der Waals surface area contributed by atoms with E-state index in [1.807, 2.05) is 48.5 Å². The van der Waals surface area contributed by atoms with Gasteiger partial charge in [0, 0.05) is 11.4 Å². The number of amides is 2. The molecular formula is C28H32N2O4. The number of hydrogen-bond donors (Lipinski definition) is 2. The third-order valence-corrected chi connectivity index (χ3v) is 5.45. The maximum Gasteiger partial charge on any atom is 0.265 e. The first-order valence-corrected chi connectivity index (χ1v) is 11.6. The van der Waals surface area contributed by atoms with Crippen LogP contribution in [0.4, 0.5) is 11.4 Å². The third kappa shape index (κ3) is 7.10. The van der Waals surface area contributed by atoms with Gasteiger partial charge in [-0.15, -0.1) is 0 Å². The van der Waals surface area contributed by atoms with Crippen molar-refractivity contribution in [1.29, 1.82) is 0 Å². The van der Waals surface area contributed by atoms with Crippen LogP contribution in [0.15, 0.2) is 72.8 Å². The first-order valence-electron chi connectivity index (χ1n) is 11.6. The quantitative estimate of drug-likeness (QED) is 0.411. The molecule has 2 amide bonds. The van der Waals surface area contributed by atoms with Crippen LogP contribution in [0, 0.1) is 0 Å². The van der Waals surface area contributed by atoms with Gasteiger partial charge in [0.2, 0.25) is 0 Å². The Morgan fingerprint density at radius 2 is 0.941 bits per heavy atom. The summed E-state index contributed by atoms with van der Waals surface area (Å²) in [5.74, 6) is 0.783. The Morgan fingerprint density at radius 3 is 1.24 bits per heavy atom. The summed E-state index contributed by atoms with van der Waals surface area (Å²) < 4.78 is 11.5. The summed E-state index contributed by atoms with van der Waals surface area (Å²) in [5.41, 5.74) is 3.65. The summed E-state index contributed by atoms with van der Waals surface area (Å²) in [6.45, 7) is 7.58. The molecule has 0 heterocycles. The molecule has 178 valence electrons. The van der Waals surface area contributed by atoms with Crippen molar-refractivity contribution in [3.8, 4) is 11.5 Å². The predicted octanol–water partition coefficient (Wildman–Crippen LogP) is 5.62. The van der Waals surface area contributed by atoms with Gasteiger partial charge >= 0.3 is 0 Å². The van der Waals surface area contributed by atoms with Crippen LogP contribution in [-0.4, -0.2) is 24.0 Å². The summed E-state index contributed by atoms with van der Waals surface area (Å²) in [4.78, 5) is 25.0. The van der Waals surface area contributed by atoms with Crippen molar-refractivity contribution in [2.45, 2.75) is 52.7 Å². The number of benzene rings is 3. The van der Waals surface area contributed by atoms with Gasteiger partial charge in [-0.25, -0.2) is 0 Å². The lowest BCUT2D eigenvalue weighted by Crippen LogP contribution is -2.30. The fourth-order valence-electron chi connectivity index (χ4n) is 3.25. The molecule has 0 aromatic heterocycles.